The van der Waals surface area contributed by atoms with Crippen LogP contribution in [0.15, 0.2) is 22.7 Å². The zero-order valence-electron chi connectivity index (χ0n) is 9.24. The van der Waals surface area contributed by atoms with Crippen LogP contribution in [0.25, 0.3) is 0 Å². The highest BCUT2D eigenvalue weighted by Gasteiger charge is 2.14. The molecule has 3 nitrogen and oxygen atoms in total. The van der Waals surface area contributed by atoms with Crippen LogP contribution in [0.1, 0.15) is 25.3 Å². The molecule has 0 spiro atoms. The first-order chi connectivity index (χ1) is 7.46. The molecule has 0 aliphatic carbocycles. The van der Waals surface area contributed by atoms with E-state index < -0.39 is 9.84 Å². The number of sulfone groups is 1. The summed E-state index contributed by atoms with van der Waals surface area (Å²) in [6, 6.07) is 5.29. The van der Waals surface area contributed by atoms with Crippen LogP contribution < -0.4 is 5.73 Å². The Labute approximate surface area is 105 Å². The SMILES string of the molecule is CCCCS(=O)(=O)Cc1cccc(N)c1Br. The molecule has 0 radical (unpaired) electrons. The van der Waals surface area contributed by atoms with Gasteiger partial charge in [-0.1, -0.05) is 25.5 Å². The number of unbranched alkanes of at least 4 members (excludes halogenated alkanes) is 1. The lowest BCUT2D eigenvalue weighted by Gasteiger charge is -2.07. The second-order valence-electron chi connectivity index (χ2n) is 3.77. The van der Waals surface area contributed by atoms with E-state index in [9.17, 15) is 8.42 Å². The number of rotatable bonds is 5. The second-order valence-corrected chi connectivity index (χ2v) is 6.74. The Morgan fingerprint density at radius 3 is 2.69 bits per heavy atom. The molecule has 5 heteroatoms. The number of nitrogens with two attached hydrogens (primary N) is 1. The van der Waals surface area contributed by atoms with Crippen molar-refractivity contribution in [2.24, 2.45) is 0 Å². The van der Waals surface area contributed by atoms with E-state index in [1.54, 1.807) is 18.2 Å². The summed E-state index contributed by atoms with van der Waals surface area (Å²) < 4.78 is 24.2. The van der Waals surface area contributed by atoms with Crippen molar-refractivity contribution >= 4 is 31.5 Å². The summed E-state index contributed by atoms with van der Waals surface area (Å²) in [5.41, 5.74) is 7.00. The van der Waals surface area contributed by atoms with Crippen LogP contribution in [0.2, 0.25) is 0 Å². The number of benzene rings is 1. The van der Waals surface area contributed by atoms with Gasteiger partial charge >= 0.3 is 0 Å². The molecule has 0 aliphatic heterocycles. The summed E-state index contributed by atoms with van der Waals surface area (Å²) in [4.78, 5) is 0. The molecule has 0 saturated carbocycles. The molecule has 0 saturated heterocycles. The fraction of sp³-hybridized carbons (Fsp3) is 0.455. The summed E-state index contributed by atoms with van der Waals surface area (Å²) in [5, 5.41) is 0. The second kappa shape index (κ2) is 5.68. The third-order valence-corrected chi connectivity index (χ3v) is 4.92. The molecule has 16 heavy (non-hydrogen) atoms. The van der Waals surface area contributed by atoms with E-state index in [4.69, 9.17) is 5.73 Å². The van der Waals surface area contributed by atoms with Crippen LogP contribution in [-0.2, 0) is 15.6 Å². The average Bonchev–Trinajstić information content (AvgIpc) is 2.22. The van der Waals surface area contributed by atoms with Crippen LogP contribution in [0.4, 0.5) is 5.69 Å². The van der Waals surface area contributed by atoms with E-state index >= 15 is 0 Å². The highest BCUT2D eigenvalue weighted by molar-refractivity contribution is 9.10. The molecule has 0 fully saturated rings. The topological polar surface area (TPSA) is 60.2 Å². The summed E-state index contributed by atoms with van der Waals surface area (Å²) in [7, 11) is -3.02. The van der Waals surface area contributed by atoms with Crippen molar-refractivity contribution in [1.82, 2.24) is 0 Å². The van der Waals surface area contributed by atoms with Crippen molar-refractivity contribution in [2.75, 3.05) is 11.5 Å². The van der Waals surface area contributed by atoms with Crippen molar-refractivity contribution in [3.05, 3.63) is 28.2 Å². The first-order valence-electron chi connectivity index (χ1n) is 5.19. The van der Waals surface area contributed by atoms with Gasteiger partial charge in [-0.3, -0.25) is 0 Å². The lowest BCUT2D eigenvalue weighted by molar-refractivity contribution is 0.592. The maximum absolute atomic E-state index is 11.8. The lowest BCUT2D eigenvalue weighted by atomic mass is 10.2. The number of hydrogen-bond donors (Lipinski definition) is 1. The minimum atomic E-state index is -3.02. The Morgan fingerprint density at radius 1 is 1.38 bits per heavy atom. The quantitative estimate of drug-likeness (QED) is 0.851. The van der Waals surface area contributed by atoms with Crippen molar-refractivity contribution in [3.63, 3.8) is 0 Å². The van der Waals surface area contributed by atoms with E-state index in [0.29, 0.717) is 16.6 Å². The molecule has 0 bridgehead atoms. The first-order valence-corrected chi connectivity index (χ1v) is 7.81. The zero-order chi connectivity index (χ0) is 12.2. The fourth-order valence-corrected chi connectivity index (χ4v) is 3.56. The summed E-state index contributed by atoms with van der Waals surface area (Å²) in [6.07, 6.45) is 1.60. The van der Waals surface area contributed by atoms with Crippen molar-refractivity contribution in [1.29, 1.82) is 0 Å². The summed E-state index contributed by atoms with van der Waals surface area (Å²) in [5.74, 6) is 0.295. The third-order valence-electron chi connectivity index (χ3n) is 2.29. The molecule has 2 N–H and O–H groups in total. The Hall–Kier alpha value is -0.550. The zero-order valence-corrected chi connectivity index (χ0v) is 11.6. The Kier molecular flexibility index (Phi) is 4.80. The van der Waals surface area contributed by atoms with Crippen LogP contribution in [-0.4, -0.2) is 14.2 Å². The largest absolute Gasteiger partial charge is 0.398 e. The molecule has 0 amide bonds. The molecule has 90 valence electrons. The maximum atomic E-state index is 11.8. The van der Waals surface area contributed by atoms with Gasteiger partial charge in [-0.25, -0.2) is 8.42 Å². The van der Waals surface area contributed by atoms with Crippen LogP contribution in [0, 0.1) is 0 Å². The van der Waals surface area contributed by atoms with E-state index in [1.807, 2.05) is 6.92 Å². The smallest absolute Gasteiger partial charge is 0.154 e. The minimum Gasteiger partial charge on any atom is -0.398 e. The van der Waals surface area contributed by atoms with Gasteiger partial charge in [0.2, 0.25) is 0 Å². The molecule has 1 aromatic rings. The standard InChI is InChI=1S/C11H16BrNO2S/c1-2-3-7-16(14,15)8-9-5-4-6-10(13)11(9)12/h4-6H,2-3,7-8,13H2,1H3. The highest BCUT2D eigenvalue weighted by atomic mass is 79.9. The van der Waals surface area contributed by atoms with E-state index in [0.717, 1.165) is 12.0 Å². The van der Waals surface area contributed by atoms with Gasteiger partial charge in [-0.15, -0.1) is 0 Å². The van der Waals surface area contributed by atoms with Crippen molar-refractivity contribution in [3.8, 4) is 0 Å². The summed E-state index contributed by atoms with van der Waals surface area (Å²) in [6.45, 7) is 1.98. The molecule has 0 atom stereocenters. The maximum Gasteiger partial charge on any atom is 0.154 e. The van der Waals surface area contributed by atoms with Gasteiger partial charge in [0, 0.05) is 10.2 Å². The van der Waals surface area contributed by atoms with Crippen LogP contribution in [0.5, 0.6) is 0 Å². The average molecular weight is 306 g/mol. The molecule has 1 rings (SSSR count). The van der Waals surface area contributed by atoms with Gasteiger partial charge < -0.3 is 5.73 Å². The molecule has 0 heterocycles. The first kappa shape index (κ1) is 13.5. The van der Waals surface area contributed by atoms with Gasteiger partial charge in [0.25, 0.3) is 0 Å². The number of hydrogen-bond acceptors (Lipinski definition) is 3. The number of anilines is 1. The Morgan fingerprint density at radius 2 is 2.06 bits per heavy atom. The lowest BCUT2D eigenvalue weighted by Crippen LogP contribution is -2.10. The van der Waals surface area contributed by atoms with Gasteiger partial charge in [0.1, 0.15) is 0 Å². The highest BCUT2D eigenvalue weighted by Crippen LogP contribution is 2.25. The fourth-order valence-electron chi connectivity index (χ4n) is 1.38. The monoisotopic (exact) mass is 305 g/mol. The Bertz CT molecular complexity index is 457. The Balaban J connectivity index is 2.84. The minimum absolute atomic E-state index is 0.0542. The van der Waals surface area contributed by atoms with Crippen molar-refractivity contribution in [2.45, 2.75) is 25.5 Å². The molecular weight excluding hydrogens is 290 g/mol. The predicted octanol–water partition coefficient (Wildman–Crippen LogP) is 2.75. The van der Waals surface area contributed by atoms with Gasteiger partial charge in [0.15, 0.2) is 9.84 Å². The third kappa shape index (κ3) is 3.79. The van der Waals surface area contributed by atoms with Gasteiger partial charge in [-0.2, -0.15) is 0 Å². The van der Waals surface area contributed by atoms with Crippen molar-refractivity contribution < 1.29 is 8.42 Å². The van der Waals surface area contributed by atoms with Gasteiger partial charge in [-0.05, 0) is 34.0 Å². The molecule has 0 aliphatic rings. The van der Waals surface area contributed by atoms with E-state index in [-0.39, 0.29) is 11.5 Å². The normalized spacial score (nSPS) is 11.6. The van der Waals surface area contributed by atoms with Gasteiger partial charge in [0.05, 0.1) is 11.5 Å². The molecule has 1 aromatic carbocycles. The molecular formula is C11H16BrNO2S. The predicted molar refractivity (Wildman–Crippen MR) is 71.0 cm³/mol. The van der Waals surface area contributed by atoms with E-state index in [2.05, 4.69) is 15.9 Å². The van der Waals surface area contributed by atoms with E-state index in [1.165, 1.54) is 0 Å². The number of nitrogen functional groups attached to an aromatic ring is 1. The summed E-state index contributed by atoms with van der Waals surface area (Å²) >= 11 is 3.31. The molecule has 0 unspecified atom stereocenters. The molecule has 0 aromatic heterocycles. The number of halogens is 1. The van der Waals surface area contributed by atoms with Crippen LogP contribution in [0.3, 0.4) is 0 Å². The van der Waals surface area contributed by atoms with Crippen LogP contribution >= 0.6 is 15.9 Å².